The maximum Gasteiger partial charge on any atom is 0.410 e. The number of nitrogens with one attached hydrogen (secondary N) is 2. The molecule has 0 radical (unpaired) electrons. The van der Waals surface area contributed by atoms with Crippen LogP contribution in [0.25, 0.3) is 11.0 Å². The molecule has 38 heavy (non-hydrogen) atoms. The van der Waals surface area contributed by atoms with Gasteiger partial charge in [0.1, 0.15) is 11.4 Å². The topological polar surface area (TPSA) is 90.6 Å². The summed E-state index contributed by atoms with van der Waals surface area (Å²) in [6, 6.07) is 14.2. The summed E-state index contributed by atoms with van der Waals surface area (Å²) in [6.07, 6.45) is 4.01. The molecule has 1 atom stereocenters. The van der Waals surface area contributed by atoms with Crippen molar-refractivity contribution < 1.29 is 14.3 Å². The van der Waals surface area contributed by atoms with E-state index in [2.05, 4.69) is 22.1 Å². The molecule has 2 aliphatic rings. The molecule has 3 heterocycles. The van der Waals surface area contributed by atoms with E-state index >= 15 is 0 Å². The third-order valence-corrected chi connectivity index (χ3v) is 7.62. The molecule has 0 unspecified atom stereocenters. The Morgan fingerprint density at radius 2 is 1.79 bits per heavy atom. The van der Waals surface area contributed by atoms with Crippen LogP contribution >= 0.6 is 0 Å². The summed E-state index contributed by atoms with van der Waals surface area (Å²) < 4.78 is 5.50. The van der Waals surface area contributed by atoms with E-state index in [-0.39, 0.29) is 12.0 Å². The number of hydrogen-bond acceptors (Lipinski definition) is 5. The SMILES string of the molecule is C[C@H]1CCCN1Cc1nc2ccc(NC(=O)c3ccc(C4CCN(C(=O)OC(C)(C)C)CC4)cc3)cc2[nH]1. The second-order valence-electron chi connectivity index (χ2n) is 11.7. The second kappa shape index (κ2) is 10.8. The standard InChI is InChI=1S/C30H39N5O3/c1-20-6-5-15-35(20)19-27-32-25-12-11-24(18-26(25)33-27)31-28(36)23-9-7-21(8-10-23)22-13-16-34(17-14-22)29(37)38-30(2,3)4/h7-12,18,20,22H,5-6,13-17,19H2,1-4H3,(H,31,36)(H,32,33)/t20-/m0/s1. The number of amides is 2. The van der Waals surface area contributed by atoms with E-state index in [9.17, 15) is 9.59 Å². The van der Waals surface area contributed by atoms with Crippen LogP contribution in [0.2, 0.25) is 0 Å². The third-order valence-electron chi connectivity index (χ3n) is 7.62. The number of fused-ring (bicyclic) bond motifs is 1. The molecule has 1 aromatic heterocycles. The lowest BCUT2D eigenvalue weighted by atomic mass is 9.89. The van der Waals surface area contributed by atoms with Gasteiger partial charge in [-0.15, -0.1) is 0 Å². The molecule has 2 saturated heterocycles. The number of imidazole rings is 1. The van der Waals surface area contributed by atoms with E-state index in [1.54, 1.807) is 4.90 Å². The van der Waals surface area contributed by atoms with Gasteiger partial charge in [-0.3, -0.25) is 9.69 Å². The number of aromatic amines is 1. The molecule has 0 saturated carbocycles. The van der Waals surface area contributed by atoms with Gasteiger partial charge in [-0.05, 0) is 102 Å². The van der Waals surface area contributed by atoms with Crippen LogP contribution in [0.3, 0.4) is 0 Å². The van der Waals surface area contributed by atoms with Crippen LogP contribution in [-0.4, -0.2) is 63.0 Å². The number of likely N-dealkylation sites (tertiary alicyclic amines) is 2. The van der Waals surface area contributed by atoms with Crippen molar-refractivity contribution in [3.63, 3.8) is 0 Å². The smallest absolute Gasteiger partial charge is 0.410 e. The van der Waals surface area contributed by atoms with Crippen LogP contribution in [0, 0.1) is 0 Å². The van der Waals surface area contributed by atoms with E-state index in [1.165, 1.54) is 18.4 Å². The van der Waals surface area contributed by atoms with Gasteiger partial charge in [0.05, 0.1) is 17.6 Å². The number of aromatic nitrogens is 2. The first-order valence-corrected chi connectivity index (χ1v) is 13.8. The van der Waals surface area contributed by atoms with E-state index in [1.807, 2.05) is 63.2 Å². The minimum absolute atomic E-state index is 0.138. The number of H-pyrrole nitrogens is 1. The number of anilines is 1. The van der Waals surface area contributed by atoms with Gasteiger partial charge < -0.3 is 19.9 Å². The molecule has 0 spiro atoms. The quantitative estimate of drug-likeness (QED) is 0.439. The zero-order chi connectivity index (χ0) is 26.9. The van der Waals surface area contributed by atoms with Gasteiger partial charge >= 0.3 is 6.09 Å². The number of ether oxygens (including phenoxy) is 1. The Morgan fingerprint density at radius 3 is 2.45 bits per heavy atom. The molecule has 2 N–H and O–H groups in total. The maximum atomic E-state index is 12.9. The van der Waals surface area contributed by atoms with E-state index in [0.29, 0.717) is 30.6 Å². The van der Waals surface area contributed by atoms with Crippen molar-refractivity contribution in [3.8, 4) is 0 Å². The highest BCUT2D eigenvalue weighted by Gasteiger charge is 2.27. The molecule has 8 heteroatoms. The zero-order valence-corrected chi connectivity index (χ0v) is 22.9. The van der Waals surface area contributed by atoms with Gasteiger partial charge in [0.25, 0.3) is 5.91 Å². The molecule has 0 aliphatic carbocycles. The van der Waals surface area contributed by atoms with Crippen LogP contribution in [-0.2, 0) is 11.3 Å². The van der Waals surface area contributed by atoms with E-state index in [4.69, 9.17) is 9.72 Å². The molecule has 0 bridgehead atoms. The van der Waals surface area contributed by atoms with Gasteiger partial charge in [0.15, 0.2) is 0 Å². The van der Waals surface area contributed by atoms with Crippen molar-refractivity contribution >= 4 is 28.7 Å². The molecule has 5 rings (SSSR count). The Labute approximate surface area is 224 Å². The highest BCUT2D eigenvalue weighted by molar-refractivity contribution is 6.05. The van der Waals surface area contributed by atoms with Crippen LogP contribution in [0.5, 0.6) is 0 Å². The normalized spacial score (nSPS) is 19.2. The van der Waals surface area contributed by atoms with E-state index < -0.39 is 5.60 Å². The first-order valence-electron chi connectivity index (χ1n) is 13.8. The average molecular weight is 518 g/mol. The number of carbonyl (C=O) groups excluding carboxylic acids is 2. The van der Waals surface area contributed by atoms with Crippen LogP contribution < -0.4 is 5.32 Å². The summed E-state index contributed by atoms with van der Waals surface area (Å²) in [5, 5.41) is 3.02. The van der Waals surface area contributed by atoms with Crippen LogP contribution in [0.15, 0.2) is 42.5 Å². The number of rotatable bonds is 5. The van der Waals surface area contributed by atoms with Crippen molar-refractivity contribution in [2.45, 2.75) is 77.5 Å². The fourth-order valence-electron chi connectivity index (χ4n) is 5.47. The third kappa shape index (κ3) is 6.18. The number of carbonyl (C=O) groups is 2. The molecule has 8 nitrogen and oxygen atoms in total. The lowest BCUT2D eigenvalue weighted by molar-refractivity contribution is 0.0204. The van der Waals surface area contributed by atoms with Crippen molar-refractivity contribution in [2.24, 2.45) is 0 Å². The van der Waals surface area contributed by atoms with Gasteiger partial charge in [0.2, 0.25) is 0 Å². The molecule has 3 aromatic rings. The predicted molar refractivity (Wildman–Crippen MR) is 149 cm³/mol. The first kappa shape index (κ1) is 26.2. The molecule has 2 fully saturated rings. The summed E-state index contributed by atoms with van der Waals surface area (Å²) in [6.45, 7) is 11.2. The monoisotopic (exact) mass is 517 g/mol. The summed E-state index contributed by atoms with van der Waals surface area (Å²) in [5.41, 5.74) is 3.91. The summed E-state index contributed by atoms with van der Waals surface area (Å²) in [5.74, 6) is 1.19. The highest BCUT2D eigenvalue weighted by Crippen LogP contribution is 2.29. The average Bonchev–Trinajstić information content (AvgIpc) is 3.48. The fraction of sp³-hybridized carbons (Fsp3) is 0.500. The molecule has 202 valence electrons. The van der Waals surface area contributed by atoms with Crippen LogP contribution in [0.1, 0.15) is 81.0 Å². The predicted octanol–water partition coefficient (Wildman–Crippen LogP) is 5.91. The lowest BCUT2D eigenvalue weighted by Gasteiger charge is -2.33. The summed E-state index contributed by atoms with van der Waals surface area (Å²) in [4.78, 5) is 37.7. The summed E-state index contributed by atoms with van der Waals surface area (Å²) >= 11 is 0. The Balaban J connectivity index is 1.16. The minimum atomic E-state index is -0.483. The number of hydrogen-bond donors (Lipinski definition) is 2. The van der Waals surface area contributed by atoms with Crippen molar-refractivity contribution in [2.75, 3.05) is 25.0 Å². The summed E-state index contributed by atoms with van der Waals surface area (Å²) in [7, 11) is 0. The molecule has 2 aromatic carbocycles. The minimum Gasteiger partial charge on any atom is -0.444 e. The number of piperidine rings is 1. The number of nitrogens with zero attached hydrogens (tertiary/aromatic N) is 3. The maximum absolute atomic E-state index is 12.9. The molecule has 2 amide bonds. The van der Waals surface area contributed by atoms with Crippen molar-refractivity contribution in [1.29, 1.82) is 0 Å². The Hall–Kier alpha value is -3.39. The molecular formula is C30H39N5O3. The van der Waals surface area contributed by atoms with E-state index in [0.717, 1.165) is 48.5 Å². The second-order valence-corrected chi connectivity index (χ2v) is 11.7. The van der Waals surface area contributed by atoms with Crippen molar-refractivity contribution in [1.82, 2.24) is 19.8 Å². The molecule has 2 aliphatic heterocycles. The van der Waals surface area contributed by atoms with Gasteiger partial charge in [-0.25, -0.2) is 9.78 Å². The largest absolute Gasteiger partial charge is 0.444 e. The Morgan fingerprint density at radius 1 is 1.05 bits per heavy atom. The van der Waals surface area contributed by atoms with Gasteiger partial charge in [-0.1, -0.05) is 12.1 Å². The Bertz CT molecular complexity index is 1290. The van der Waals surface area contributed by atoms with Gasteiger partial charge in [-0.2, -0.15) is 0 Å². The fourth-order valence-corrected chi connectivity index (χ4v) is 5.47. The van der Waals surface area contributed by atoms with Crippen molar-refractivity contribution in [3.05, 3.63) is 59.4 Å². The van der Waals surface area contributed by atoms with Crippen LogP contribution in [0.4, 0.5) is 10.5 Å². The number of benzene rings is 2. The zero-order valence-electron chi connectivity index (χ0n) is 22.9. The Kier molecular flexibility index (Phi) is 7.43. The lowest BCUT2D eigenvalue weighted by Crippen LogP contribution is -2.41. The van der Waals surface area contributed by atoms with Gasteiger partial charge in [0, 0.05) is 30.4 Å². The molecular weight excluding hydrogens is 478 g/mol. The highest BCUT2D eigenvalue weighted by atomic mass is 16.6. The first-order chi connectivity index (χ1) is 18.1.